The number of H-pyrrole nitrogens is 1. The highest BCUT2D eigenvalue weighted by Gasteiger charge is 2.36. The van der Waals surface area contributed by atoms with Crippen LogP contribution in [0.4, 0.5) is 5.95 Å². The molecule has 1 aliphatic heterocycles. The van der Waals surface area contributed by atoms with Crippen LogP contribution in [0.2, 0.25) is 0 Å². The van der Waals surface area contributed by atoms with E-state index in [1.165, 1.54) is 29.4 Å². The molecule has 0 bridgehead atoms. The number of nitrogens with zero attached hydrogens (tertiary/aromatic N) is 3. The van der Waals surface area contributed by atoms with Crippen LogP contribution in [0.25, 0.3) is 0 Å². The molecule has 2 aromatic carbocycles. The molecule has 0 aliphatic carbocycles. The number of rotatable bonds is 4. The van der Waals surface area contributed by atoms with E-state index in [4.69, 9.17) is 0 Å². The summed E-state index contributed by atoms with van der Waals surface area (Å²) in [5.41, 5.74) is 1.62. The number of nitrogens with one attached hydrogen (secondary N) is 2. The molecule has 3 amide bonds. The van der Waals surface area contributed by atoms with Crippen molar-refractivity contribution in [1.29, 1.82) is 0 Å². The third-order valence-electron chi connectivity index (χ3n) is 4.06. The molecule has 0 radical (unpaired) electrons. The lowest BCUT2D eigenvalue weighted by Crippen LogP contribution is -2.29. The molecule has 1 aromatic heterocycles. The fourth-order valence-corrected chi connectivity index (χ4v) is 2.79. The quantitative estimate of drug-likeness (QED) is 0.700. The molecule has 8 nitrogen and oxygen atoms in total. The Morgan fingerprint density at radius 1 is 1.04 bits per heavy atom. The molecule has 2 heterocycles. The lowest BCUT2D eigenvalue weighted by molar-refractivity contribution is 0.0642. The normalized spacial score (nSPS) is 13.0. The molecule has 0 saturated carbocycles. The summed E-state index contributed by atoms with van der Waals surface area (Å²) in [6.45, 7) is 0.187. The Hall–Kier alpha value is -3.81. The molecular formula is C18H13N5O3. The SMILES string of the molecule is O=C(Nc1ncn[nH]1)c1ccc2c(c1)C(=O)N(Cc1ccccc1)C2=O. The van der Waals surface area contributed by atoms with E-state index in [1.807, 2.05) is 30.3 Å². The van der Waals surface area contributed by atoms with Crippen molar-refractivity contribution in [3.8, 4) is 0 Å². The molecule has 2 N–H and O–H groups in total. The largest absolute Gasteiger partial charge is 0.291 e. The number of fused-ring (bicyclic) bond motifs is 1. The van der Waals surface area contributed by atoms with Crippen molar-refractivity contribution in [1.82, 2.24) is 20.1 Å². The Balaban J connectivity index is 1.59. The van der Waals surface area contributed by atoms with Gasteiger partial charge in [-0.15, -0.1) is 0 Å². The topological polar surface area (TPSA) is 108 Å². The van der Waals surface area contributed by atoms with Crippen molar-refractivity contribution in [3.05, 3.63) is 77.1 Å². The van der Waals surface area contributed by atoms with Crippen LogP contribution in [0, 0.1) is 0 Å². The number of carbonyl (C=O) groups excluding carboxylic acids is 3. The van der Waals surface area contributed by atoms with Crippen LogP contribution in [0.3, 0.4) is 0 Å². The molecule has 3 aromatic rings. The van der Waals surface area contributed by atoms with Gasteiger partial charge in [0.2, 0.25) is 5.95 Å². The van der Waals surface area contributed by atoms with Crippen molar-refractivity contribution in [2.24, 2.45) is 0 Å². The third-order valence-corrected chi connectivity index (χ3v) is 4.06. The van der Waals surface area contributed by atoms with Crippen LogP contribution in [0.5, 0.6) is 0 Å². The zero-order valence-corrected chi connectivity index (χ0v) is 13.5. The summed E-state index contributed by atoms with van der Waals surface area (Å²) in [5, 5.41) is 8.69. The van der Waals surface area contributed by atoms with Crippen molar-refractivity contribution in [2.45, 2.75) is 6.54 Å². The molecule has 0 unspecified atom stereocenters. The highest BCUT2D eigenvalue weighted by molar-refractivity contribution is 6.22. The van der Waals surface area contributed by atoms with E-state index in [-0.39, 0.29) is 29.5 Å². The van der Waals surface area contributed by atoms with Gasteiger partial charge in [-0.3, -0.25) is 24.6 Å². The van der Waals surface area contributed by atoms with E-state index in [2.05, 4.69) is 20.5 Å². The molecule has 128 valence electrons. The standard InChI is InChI=1S/C18H13N5O3/c24-15(21-18-19-10-20-22-18)12-6-7-13-14(8-12)17(26)23(16(13)25)9-11-4-2-1-3-5-11/h1-8,10H,9H2,(H2,19,20,21,22,24). The van der Waals surface area contributed by atoms with Gasteiger partial charge in [-0.25, -0.2) is 5.10 Å². The highest BCUT2D eigenvalue weighted by atomic mass is 16.2. The molecule has 0 spiro atoms. The fraction of sp³-hybridized carbons (Fsp3) is 0.0556. The Bertz CT molecular complexity index is 999. The number of hydrogen-bond acceptors (Lipinski definition) is 5. The van der Waals surface area contributed by atoms with Gasteiger partial charge in [-0.2, -0.15) is 10.1 Å². The van der Waals surface area contributed by atoms with Gasteiger partial charge in [0.25, 0.3) is 17.7 Å². The van der Waals surface area contributed by atoms with Crippen LogP contribution in [0.1, 0.15) is 36.6 Å². The Kier molecular flexibility index (Phi) is 3.77. The minimum absolute atomic E-state index is 0.187. The van der Waals surface area contributed by atoms with Crippen LogP contribution in [0.15, 0.2) is 54.9 Å². The average Bonchev–Trinajstić information content (AvgIpc) is 3.25. The van der Waals surface area contributed by atoms with Gasteiger partial charge in [0.05, 0.1) is 17.7 Å². The van der Waals surface area contributed by atoms with Gasteiger partial charge < -0.3 is 0 Å². The van der Waals surface area contributed by atoms with Gasteiger partial charge in [-0.1, -0.05) is 30.3 Å². The average molecular weight is 347 g/mol. The first-order valence-electron chi connectivity index (χ1n) is 7.84. The summed E-state index contributed by atoms with van der Waals surface area (Å²) in [6, 6.07) is 13.7. The van der Waals surface area contributed by atoms with Gasteiger partial charge >= 0.3 is 0 Å². The number of anilines is 1. The number of hydrogen-bond donors (Lipinski definition) is 2. The van der Waals surface area contributed by atoms with Crippen LogP contribution >= 0.6 is 0 Å². The molecule has 1 aliphatic rings. The smallest absolute Gasteiger partial charge is 0.261 e. The number of benzene rings is 2. The van der Waals surface area contributed by atoms with Crippen molar-refractivity contribution in [3.63, 3.8) is 0 Å². The van der Waals surface area contributed by atoms with E-state index in [9.17, 15) is 14.4 Å². The van der Waals surface area contributed by atoms with E-state index in [0.717, 1.165) is 5.56 Å². The molecular weight excluding hydrogens is 334 g/mol. The lowest BCUT2D eigenvalue weighted by Gasteiger charge is -2.13. The Labute approximate surface area is 147 Å². The fourth-order valence-electron chi connectivity index (χ4n) is 2.79. The number of imide groups is 1. The Morgan fingerprint density at radius 3 is 2.54 bits per heavy atom. The summed E-state index contributed by atoms with van der Waals surface area (Å²) in [5.74, 6) is -1.03. The first-order valence-corrected chi connectivity index (χ1v) is 7.84. The molecule has 0 saturated heterocycles. The summed E-state index contributed by atoms with van der Waals surface area (Å²) in [4.78, 5) is 42.4. The molecule has 0 fully saturated rings. The minimum Gasteiger partial charge on any atom is -0.291 e. The van der Waals surface area contributed by atoms with Gasteiger partial charge in [-0.05, 0) is 23.8 Å². The predicted molar refractivity (Wildman–Crippen MR) is 91.4 cm³/mol. The zero-order valence-electron chi connectivity index (χ0n) is 13.5. The number of carbonyl (C=O) groups is 3. The second-order valence-corrected chi connectivity index (χ2v) is 5.73. The number of aromatic nitrogens is 3. The molecule has 4 rings (SSSR count). The minimum atomic E-state index is -0.452. The van der Waals surface area contributed by atoms with Gasteiger partial charge in [0, 0.05) is 5.56 Å². The molecule has 8 heteroatoms. The van der Waals surface area contributed by atoms with E-state index < -0.39 is 11.8 Å². The van der Waals surface area contributed by atoms with E-state index >= 15 is 0 Å². The second-order valence-electron chi connectivity index (χ2n) is 5.73. The van der Waals surface area contributed by atoms with Crippen LogP contribution in [-0.2, 0) is 6.54 Å². The van der Waals surface area contributed by atoms with Crippen LogP contribution in [-0.4, -0.2) is 37.8 Å². The summed E-state index contributed by atoms with van der Waals surface area (Å²) in [6.07, 6.45) is 1.27. The lowest BCUT2D eigenvalue weighted by atomic mass is 10.1. The maximum atomic E-state index is 12.6. The molecule has 26 heavy (non-hydrogen) atoms. The van der Waals surface area contributed by atoms with Crippen molar-refractivity contribution >= 4 is 23.7 Å². The second kappa shape index (κ2) is 6.25. The summed E-state index contributed by atoms with van der Waals surface area (Å²) >= 11 is 0. The monoisotopic (exact) mass is 347 g/mol. The summed E-state index contributed by atoms with van der Waals surface area (Å²) in [7, 11) is 0. The number of aromatic amines is 1. The number of amides is 3. The highest BCUT2D eigenvalue weighted by Crippen LogP contribution is 2.25. The first-order chi connectivity index (χ1) is 12.6. The Morgan fingerprint density at radius 2 is 1.81 bits per heavy atom. The molecule has 0 atom stereocenters. The van der Waals surface area contributed by atoms with E-state index in [1.54, 1.807) is 0 Å². The van der Waals surface area contributed by atoms with Gasteiger partial charge in [0.1, 0.15) is 6.33 Å². The zero-order chi connectivity index (χ0) is 18.1. The first kappa shape index (κ1) is 15.7. The third kappa shape index (κ3) is 2.73. The van der Waals surface area contributed by atoms with Crippen LogP contribution < -0.4 is 5.32 Å². The maximum Gasteiger partial charge on any atom is 0.261 e. The summed E-state index contributed by atoms with van der Waals surface area (Å²) < 4.78 is 0. The van der Waals surface area contributed by atoms with Crippen molar-refractivity contribution in [2.75, 3.05) is 5.32 Å². The van der Waals surface area contributed by atoms with Gasteiger partial charge in [0.15, 0.2) is 0 Å². The van der Waals surface area contributed by atoms with Crippen molar-refractivity contribution < 1.29 is 14.4 Å². The maximum absolute atomic E-state index is 12.6. The predicted octanol–water partition coefficient (Wildman–Crippen LogP) is 1.85. The van der Waals surface area contributed by atoms with E-state index in [0.29, 0.717) is 5.56 Å².